The van der Waals surface area contributed by atoms with Crippen LogP contribution >= 0.6 is 11.9 Å². The second kappa shape index (κ2) is 3.96. The molecule has 0 saturated carbocycles. The standard InChI is InChI=1S/C7H9N3OS/c1-5-2-3-9-6(4-5)12-10-7(8)11/h2-4H,1H3,(H3,8,10,11). The first-order chi connectivity index (χ1) is 5.68. The van der Waals surface area contributed by atoms with Gasteiger partial charge in [-0.25, -0.2) is 9.78 Å². The normalized spacial score (nSPS) is 9.42. The van der Waals surface area contributed by atoms with Gasteiger partial charge in [0, 0.05) is 18.1 Å². The van der Waals surface area contributed by atoms with E-state index in [1.165, 1.54) is 0 Å². The number of nitrogens with one attached hydrogen (secondary N) is 1. The molecule has 0 aliphatic heterocycles. The van der Waals surface area contributed by atoms with Gasteiger partial charge in [0.15, 0.2) is 0 Å². The number of carbonyl (C=O) groups is 1. The van der Waals surface area contributed by atoms with Crippen molar-refractivity contribution in [1.82, 2.24) is 9.71 Å². The molecule has 0 unspecified atom stereocenters. The summed E-state index contributed by atoms with van der Waals surface area (Å²) in [4.78, 5) is 14.3. The number of hydrogen-bond acceptors (Lipinski definition) is 3. The van der Waals surface area contributed by atoms with Crippen molar-refractivity contribution in [2.75, 3.05) is 0 Å². The topological polar surface area (TPSA) is 68.0 Å². The van der Waals surface area contributed by atoms with Gasteiger partial charge in [0.1, 0.15) is 5.03 Å². The molecule has 0 spiro atoms. The molecule has 0 aliphatic rings. The van der Waals surface area contributed by atoms with Crippen LogP contribution < -0.4 is 10.5 Å². The summed E-state index contributed by atoms with van der Waals surface area (Å²) in [5, 5.41) is 0.730. The number of pyridine rings is 1. The number of urea groups is 1. The van der Waals surface area contributed by atoms with Crippen molar-refractivity contribution in [1.29, 1.82) is 0 Å². The number of nitrogens with zero attached hydrogens (tertiary/aromatic N) is 1. The van der Waals surface area contributed by atoms with Gasteiger partial charge < -0.3 is 5.73 Å². The van der Waals surface area contributed by atoms with Crippen LogP contribution in [0.4, 0.5) is 4.79 Å². The van der Waals surface area contributed by atoms with E-state index in [0.29, 0.717) is 0 Å². The van der Waals surface area contributed by atoms with Crippen LogP contribution in [0.5, 0.6) is 0 Å². The monoisotopic (exact) mass is 183 g/mol. The minimum absolute atomic E-state index is 0.566. The molecule has 0 atom stereocenters. The lowest BCUT2D eigenvalue weighted by Crippen LogP contribution is -2.22. The van der Waals surface area contributed by atoms with Crippen molar-refractivity contribution in [3.8, 4) is 0 Å². The van der Waals surface area contributed by atoms with Gasteiger partial charge in [0.05, 0.1) is 0 Å². The van der Waals surface area contributed by atoms with Gasteiger partial charge in [-0.15, -0.1) is 0 Å². The van der Waals surface area contributed by atoms with E-state index in [1.54, 1.807) is 6.20 Å². The molecule has 3 N–H and O–H groups in total. The van der Waals surface area contributed by atoms with Crippen LogP contribution in [-0.2, 0) is 0 Å². The zero-order valence-corrected chi connectivity index (χ0v) is 7.39. The predicted molar refractivity (Wildman–Crippen MR) is 47.6 cm³/mol. The number of primary amides is 1. The van der Waals surface area contributed by atoms with Crippen LogP contribution in [-0.4, -0.2) is 11.0 Å². The molecular formula is C7H9N3OS. The summed E-state index contributed by atoms with van der Waals surface area (Å²) >= 11 is 1.11. The molecule has 0 aliphatic carbocycles. The largest absolute Gasteiger partial charge is 0.351 e. The molecular weight excluding hydrogens is 174 g/mol. The number of carbonyl (C=O) groups excluding carboxylic acids is 1. The second-order valence-corrected chi connectivity index (χ2v) is 3.07. The lowest BCUT2D eigenvalue weighted by molar-refractivity contribution is 0.254. The SMILES string of the molecule is Cc1ccnc(SNC(N)=O)c1. The Balaban J connectivity index is 2.57. The van der Waals surface area contributed by atoms with Crippen LogP contribution in [0.15, 0.2) is 23.4 Å². The summed E-state index contributed by atoms with van der Waals surface area (Å²) in [5.41, 5.74) is 5.98. The average Bonchev–Trinajstić information content (AvgIpc) is 2.01. The van der Waals surface area contributed by atoms with Crippen molar-refractivity contribution in [3.05, 3.63) is 23.9 Å². The molecule has 0 saturated heterocycles. The Morgan fingerprint density at radius 1 is 1.75 bits per heavy atom. The summed E-state index contributed by atoms with van der Waals surface area (Å²) in [5.74, 6) is 0. The van der Waals surface area contributed by atoms with Crippen molar-refractivity contribution < 1.29 is 4.79 Å². The molecule has 1 rings (SSSR count). The van der Waals surface area contributed by atoms with E-state index in [9.17, 15) is 4.79 Å². The van der Waals surface area contributed by atoms with Gasteiger partial charge >= 0.3 is 6.03 Å². The fraction of sp³-hybridized carbons (Fsp3) is 0.143. The summed E-state index contributed by atoms with van der Waals surface area (Å²) < 4.78 is 2.38. The lowest BCUT2D eigenvalue weighted by Gasteiger charge is -1.99. The summed E-state index contributed by atoms with van der Waals surface area (Å²) in [6.07, 6.45) is 1.68. The van der Waals surface area contributed by atoms with E-state index in [2.05, 4.69) is 9.71 Å². The van der Waals surface area contributed by atoms with Gasteiger partial charge in [-0.2, -0.15) is 0 Å². The molecule has 0 radical (unpaired) electrons. The first kappa shape index (κ1) is 8.86. The fourth-order valence-corrected chi connectivity index (χ4v) is 1.23. The maximum Gasteiger partial charge on any atom is 0.322 e. The number of hydrogen-bond donors (Lipinski definition) is 2. The molecule has 0 aromatic carbocycles. The summed E-state index contributed by atoms with van der Waals surface area (Å²) in [7, 11) is 0. The quantitative estimate of drug-likeness (QED) is 0.674. The molecule has 2 amide bonds. The van der Waals surface area contributed by atoms with Gasteiger partial charge in [0.25, 0.3) is 0 Å². The van der Waals surface area contributed by atoms with Gasteiger partial charge in [-0.3, -0.25) is 4.72 Å². The average molecular weight is 183 g/mol. The van der Waals surface area contributed by atoms with Crippen molar-refractivity contribution in [2.24, 2.45) is 5.73 Å². The zero-order valence-electron chi connectivity index (χ0n) is 6.57. The van der Waals surface area contributed by atoms with Crippen LogP contribution in [0.3, 0.4) is 0 Å². The van der Waals surface area contributed by atoms with Crippen molar-refractivity contribution in [3.63, 3.8) is 0 Å². The Bertz CT molecular complexity index is 290. The van der Waals surface area contributed by atoms with E-state index in [-0.39, 0.29) is 0 Å². The lowest BCUT2D eigenvalue weighted by atomic mass is 10.3. The Morgan fingerprint density at radius 2 is 2.50 bits per heavy atom. The molecule has 12 heavy (non-hydrogen) atoms. The molecule has 64 valence electrons. The molecule has 0 bridgehead atoms. The second-order valence-electron chi connectivity index (χ2n) is 2.24. The highest BCUT2D eigenvalue weighted by molar-refractivity contribution is 7.97. The third kappa shape index (κ3) is 2.79. The van der Waals surface area contributed by atoms with Crippen LogP contribution in [0.2, 0.25) is 0 Å². The predicted octanol–water partition coefficient (Wildman–Crippen LogP) is 1.07. The van der Waals surface area contributed by atoms with Crippen LogP contribution in [0.25, 0.3) is 0 Å². The minimum Gasteiger partial charge on any atom is -0.351 e. The third-order valence-electron chi connectivity index (χ3n) is 1.15. The highest BCUT2D eigenvalue weighted by Crippen LogP contribution is 2.11. The highest BCUT2D eigenvalue weighted by atomic mass is 32.2. The molecule has 5 heteroatoms. The first-order valence-corrected chi connectivity index (χ1v) is 4.15. The molecule has 4 nitrogen and oxygen atoms in total. The molecule has 1 aromatic heterocycles. The van der Waals surface area contributed by atoms with Crippen molar-refractivity contribution >= 4 is 18.0 Å². The van der Waals surface area contributed by atoms with E-state index in [4.69, 9.17) is 5.73 Å². The molecule has 1 heterocycles. The Labute approximate surface area is 74.7 Å². The van der Waals surface area contributed by atoms with E-state index < -0.39 is 6.03 Å². The number of aromatic nitrogens is 1. The van der Waals surface area contributed by atoms with Gasteiger partial charge in [-0.05, 0) is 24.6 Å². The van der Waals surface area contributed by atoms with Crippen molar-refractivity contribution in [2.45, 2.75) is 11.9 Å². The number of aryl methyl sites for hydroxylation is 1. The summed E-state index contributed by atoms with van der Waals surface area (Å²) in [6, 6.07) is 3.18. The molecule has 1 aromatic rings. The number of rotatable bonds is 2. The van der Waals surface area contributed by atoms with Gasteiger partial charge in [-0.1, -0.05) is 0 Å². The zero-order chi connectivity index (χ0) is 8.97. The van der Waals surface area contributed by atoms with Gasteiger partial charge in [0.2, 0.25) is 0 Å². The maximum atomic E-state index is 10.3. The van der Waals surface area contributed by atoms with E-state index in [0.717, 1.165) is 22.5 Å². The molecule has 0 fully saturated rings. The number of nitrogens with two attached hydrogens (primary N) is 1. The smallest absolute Gasteiger partial charge is 0.322 e. The highest BCUT2D eigenvalue weighted by Gasteiger charge is 1.96. The summed E-state index contributed by atoms with van der Waals surface area (Å²) in [6.45, 7) is 1.95. The number of amides is 2. The fourth-order valence-electron chi connectivity index (χ4n) is 0.667. The van der Waals surface area contributed by atoms with E-state index >= 15 is 0 Å². The Hall–Kier alpha value is -1.23. The maximum absolute atomic E-state index is 10.3. The van der Waals surface area contributed by atoms with Crippen LogP contribution in [0, 0.1) is 6.92 Å². The Morgan fingerprint density at radius 3 is 3.08 bits per heavy atom. The van der Waals surface area contributed by atoms with Crippen LogP contribution in [0.1, 0.15) is 5.56 Å². The minimum atomic E-state index is -0.566. The third-order valence-corrected chi connectivity index (χ3v) is 1.88. The first-order valence-electron chi connectivity index (χ1n) is 3.33. The Kier molecular flexibility index (Phi) is 2.93. The van der Waals surface area contributed by atoms with E-state index in [1.807, 2.05) is 19.1 Å².